The Balaban J connectivity index is 2.16. The maximum atomic E-state index is 12.9. The van der Waals surface area contributed by atoms with Crippen molar-refractivity contribution < 1.29 is 9.13 Å². The van der Waals surface area contributed by atoms with E-state index in [0.717, 1.165) is 15.8 Å². The van der Waals surface area contributed by atoms with Gasteiger partial charge in [0.15, 0.2) is 0 Å². The van der Waals surface area contributed by atoms with Crippen molar-refractivity contribution in [1.82, 2.24) is 0 Å². The number of nitrogens with one attached hydrogen (secondary N) is 1. The molecule has 0 fully saturated rings. The number of hydrogen-bond donors (Lipinski definition) is 1. The fourth-order valence-corrected chi connectivity index (χ4v) is 2.35. The van der Waals surface area contributed by atoms with Gasteiger partial charge in [0.05, 0.1) is 17.8 Å². The van der Waals surface area contributed by atoms with Crippen LogP contribution in [0, 0.1) is 5.82 Å². The summed E-state index contributed by atoms with van der Waals surface area (Å²) in [6, 6.07) is 10.0. The molecule has 0 unspecified atom stereocenters. The minimum absolute atomic E-state index is 0.351. The molecule has 0 amide bonds. The van der Waals surface area contributed by atoms with Crippen LogP contribution in [-0.4, -0.2) is 7.11 Å². The van der Waals surface area contributed by atoms with E-state index in [1.54, 1.807) is 13.2 Å². The average molecular weight is 345 g/mol. The molecule has 0 atom stereocenters. The Morgan fingerprint density at radius 2 is 2.05 bits per heavy atom. The molecule has 0 radical (unpaired) electrons. The number of ether oxygens (including phenoxy) is 1. The largest absolute Gasteiger partial charge is 0.496 e. The van der Waals surface area contributed by atoms with Gasteiger partial charge in [-0.15, -0.1) is 0 Å². The van der Waals surface area contributed by atoms with E-state index in [9.17, 15) is 4.39 Å². The molecule has 0 aromatic heterocycles. The molecule has 0 spiro atoms. The maximum absolute atomic E-state index is 12.9. The summed E-state index contributed by atoms with van der Waals surface area (Å²) in [4.78, 5) is 0. The Morgan fingerprint density at radius 1 is 1.26 bits per heavy atom. The van der Waals surface area contributed by atoms with E-state index in [0.29, 0.717) is 17.3 Å². The predicted octanol–water partition coefficient (Wildman–Crippen LogP) is 4.86. The van der Waals surface area contributed by atoms with Gasteiger partial charge in [0.2, 0.25) is 0 Å². The standard InChI is InChI=1S/C14H12BrClFNO/c1-19-14-5-2-10(15)6-9(14)8-18-13-4-3-11(17)7-12(13)16/h2-7,18H,8H2,1H3. The Morgan fingerprint density at radius 3 is 2.74 bits per heavy atom. The lowest BCUT2D eigenvalue weighted by atomic mass is 10.2. The van der Waals surface area contributed by atoms with E-state index in [4.69, 9.17) is 16.3 Å². The first-order chi connectivity index (χ1) is 9.10. The molecule has 0 aliphatic carbocycles. The van der Waals surface area contributed by atoms with Gasteiger partial charge in [-0.2, -0.15) is 0 Å². The van der Waals surface area contributed by atoms with Gasteiger partial charge in [0, 0.05) is 16.6 Å². The smallest absolute Gasteiger partial charge is 0.124 e. The number of benzene rings is 2. The van der Waals surface area contributed by atoms with Crippen molar-refractivity contribution in [2.24, 2.45) is 0 Å². The van der Waals surface area contributed by atoms with Crippen LogP contribution in [0.1, 0.15) is 5.56 Å². The second-order valence-electron chi connectivity index (χ2n) is 3.93. The first-order valence-corrected chi connectivity index (χ1v) is 6.78. The Hall–Kier alpha value is -1.26. The Kier molecular flexibility index (Phi) is 4.66. The molecule has 5 heteroatoms. The van der Waals surface area contributed by atoms with Gasteiger partial charge in [0.25, 0.3) is 0 Å². The molecule has 0 bridgehead atoms. The van der Waals surface area contributed by atoms with Crippen molar-refractivity contribution in [3.05, 3.63) is 57.3 Å². The molecule has 100 valence electrons. The summed E-state index contributed by atoms with van der Waals surface area (Å²) in [6.07, 6.45) is 0. The molecule has 0 aliphatic heterocycles. The van der Waals surface area contributed by atoms with Gasteiger partial charge in [0.1, 0.15) is 11.6 Å². The fraction of sp³-hybridized carbons (Fsp3) is 0.143. The highest BCUT2D eigenvalue weighted by molar-refractivity contribution is 9.10. The van der Waals surface area contributed by atoms with E-state index in [-0.39, 0.29) is 5.82 Å². The molecular weight excluding hydrogens is 333 g/mol. The highest BCUT2D eigenvalue weighted by Crippen LogP contribution is 2.26. The molecule has 0 saturated carbocycles. The first-order valence-electron chi connectivity index (χ1n) is 5.61. The van der Waals surface area contributed by atoms with E-state index in [1.807, 2.05) is 18.2 Å². The second-order valence-corrected chi connectivity index (χ2v) is 5.26. The van der Waals surface area contributed by atoms with Crippen LogP contribution in [-0.2, 0) is 6.54 Å². The van der Waals surface area contributed by atoms with Crippen LogP contribution in [0.15, 0.2) is 40.9 Å². The highest BCUT2D eigenvalue weighted by atomic mass is 79.9. The van der Waals surface area contributed by atoms with Crippen molar-refractivity contribution in [2.75, 3.05) is 12.4 Å². The minimum Gasteiger partial charge on any atom is -0.496 e. The predicted molar refractivity (Wildman–Crippen MR) is 79.4 cm³/mol. The zero-order valence-electron chi connectivity index (χ0n) is 10.2. The van der Waals surface area contributed by atoms with E-state index >= 15 is 0 Å². The van der Waals surface area contributed by atoms with Crippen LogP contribution in [0.25, 0.3) is 0 Å². The number of rotatable bonds is 4. The first kappa shape index (κ1) is 14.2. The number of anilines is 1. The van der Waals surface area contributed by atoms with E-state index in [1.165, 1.54) is 12.1 Å². The summed E-state index contributed by atoms with van der Waals surface area (Å²) >= 11 is 9.37. The Labute approximate surface area is 124 Å². The molecule has 2 nitrogen and oxygen atoms in total. The van der Waals surface area contributed by atoms with Crippen LogP contribution in [0.5, 0.6) is 5.75 Å². The van der Waals surface area contributed by atoms with Crippen LogP contribution in [0.3, 0.4) is 0 Å². The lowest BCUT2D eigenvalue weighted by molar-refractivity contribution is 0.410. The fourth-order valence-electron chi connectivity index (χ4n) is 1.71. The SMILES string of the molecule is COc1ccc(Br)cc1CNc1ccc(F)cc1Cl. The van der Waals surface area contributed by atoms with Crippen LogP contribution in [0.4, 0.5) is 10.1 Å². The summed E-state index contributed by atoms with van der Waals surface area (Å²) < 4.78 is 19.2. The summed E-state index contributed by atoms with van der Waals surface area (Å²) in [5.41, 5.74) is 1.67. The molecule has 2 rings (SSSR count). The minimum atomic E-state index is -0.351. The van der Waals surface area contributed by atoms with E-state index < -0.39 is 0 Å². The third-order valence-corrected chi connectivity index (χ3v) is 3.45. The number of methoxy groups -OCH3 is 1. The quantitative estimate of drug-likeness (QED) is 0.855. The van der Waals surface area contributed by atoms with Crippen molar-refractivity contribution in [2.45, 2.75) is 6.54 Å². The molecule has 0 heterocycles. The van der Waals surface area contributed by atoms with Crippen LogP contribution < -0.4 is 10.1 Å². The Bertz CT molecular complexity index is 592. The summed E-state index contributed by atoms with van der Waals surface area (Å²) in [5.74, 6) is 0.435. The van der Waals surface area contributed by atoms with Gasteiger partial charge in [-0.25, -0.2) is 4.39 Å². The summed E-state index contributed by atoms with van der Waals surface area (Å²) in [7, 11) is 1.62. The normalized spacial score (nSPS) is 10.3. The molecule has 0 aliphatic rings. The monoisotopic (exact) mass is 343 g/mol. The molecule has 2 aromatic carbocycles. The third-order valence-electron chi connectivity index (χ3n) is 2.64. The van der Waals surface area contributed by atoms with Gasteiger partial charge >= 0.3 is 0 Å². The summed E-state index contributed by atoms with van der Waals surface area (Å²) in [5, 5.41) is 3.51. The van der Waals surface area contributed by atoms with Crippen molar-refractivity contribution in [3.8, 4) is 5.75 Å². The van der Waals surface area contributed by atoms with Gasteiger partial charge in [-0.05, 0) is 36.4 Å². The van der Waals surface area contributed by atoms with Crippen LogP contribution in [0.2, 0.25) is 5.02 Å². The van der Waals surface area contributed by atoms with Gasteiger partial charge < -0.3 is 10.1 Å². The molecule has 0 saturated heterocycles. The maximum Gasteiger partial charge on any atom is 0.124 e. The van der Waals surface area contributed by atoms with Crippen molar-refractivity contribution >= 4 is 33.2 Å². The highest BCUT2D eigenvalue weighted by Gasteiger charge is 2.06. The number of hydrogen-bond acceptors (Lipinski definition) is 2. The van der Waals surface area contributed by atoms with Crippen LogP contribution >= 0.6 is 27.5 Å². The van der Waals surface area contributed by atoms with Gasteiger partial charge in [-0.1, -0.05) is 27.5 Å². The molecule has 1 N–H and O–H groups in total. The second kappa shape index (κ2) is 6.26. The molecule has 2 aromatic rings. The third kappa shape index (κ3) is 3.61. The zero-order valence-corrected chi connectivity index (χ0v) is 12.6. The number of halogens is 3. The average Bonchev–Trinajstić information content (AvgIpc) is 2.38. The topological polar surface area (TPSA) is 21.3 Å². The van der Waals surface area contributed by atoms with Crippen molar-refractivity contribution in [3.63, 3.8) is 0 Å². The van der Waals surface area contributed by atoms with Gasteiger partial charge in [-0.3, -0.25) is 0 Å². The molecule has 19 heavy (non-hydrogen) atoms. The van der Waals surface area contributed by atoms with Crippen molar-refractivity contribution in [1.29, 1.82) is 0 Å². The van der Waals surface area contributed by atoms with E-state index in [2.05, 4.69) is 21.2 Å². The lowest BCUT2D eigenvalue weighted by Crippen LogP contribution is -2.02. The lowest BCUT2D eigenvalue weighted by Gasteiger charge is -2.12. The molecular formula is C14H12BrClFNO. The zero-order chi connectivity index (χ0) is 13.8. The summed E-state index contributed by atoms with van der Waals surface area (Å²) in [6.45, 7) is 0.536.